The van der Waals surface area contributed by atoms with Crippen molar-refractivity contribution >= 4 is 57.6 Å². The van der Waals surface area contributed by atoms with Crippen molar-refractivity contribution in [3.8, 4) is 28.7 Å². The average Bonchev–Trinajstić information content (AvgIpc) is 3.43. The fourth-order valence-electron chi connectivity index (χ4n) is 5.83. The number of aromatic nitrogens is 3. The number of nitriles is 1. The molecule has 0 aliphatic carbocycles. The van der Waals surface area contributed by atoms with E-state index in [-0.39, 0.29) is 65.5 Å². The van der Waals surface area contributed by atoms with Gasteiger partial charge in [-0.25, -0.2) is 9.55 Å². The molecule has 0 unspecified atom stereocenters. The van der Waals surface area contributed by atoms with Gasteiger partial charge in [-0.15, -0.1) is 11.3 Å². The maximum absolute atomic E-state index is 14.3. The van der Waals surface area contributed by atoms with Gasteiger partial charge < -0.3 is 19.1 Å². The Morgan fingerprint density at radius 3 is 2.53 bits per heavy atom. The summed E-state index contributed by atoms with van der Waals surface area (Å²) in [6, 6.07) is 9.26. The predicted octanol–water partition coefficient (Wildman–Crippen LogP) is 5.83. The number of anilines is 1. The summed E-state index contributed by atoms with van der Waals surface area (Å²) in [4.78, 5) is 44.5. The minimum atomic E-state index is -4.84. The molecule has 1 saturated heterocycles. The van der Waals surface area contributed by atoms with Crippen LogP contribution in [0.3, 0.4) is 0 Å². The van der Waals surface area contributed by atoms with Crippen LogP contribution in [0.5, 0.6) is 11.5 Å². The van der Waals surface area contributed by atoms with Gasteiger partial charge in [-0.05, 0) is 44.3 Å². The van der Waals surface area contributed by atoms with Crippen molar-refractivity contribution in [3.05, 3.63) is 74.2 Å². The highest BCUT2D eigenvalue weighted by Crippen LogP contribution is 2.46. The van der Waals surface area contributed by atoms with E-state index >= 15 is 0 Å². The van der Waals surface area contributed by atoms with Gasteiger partial charge in [0.15, 0.2) is 5.75 Å². The first kappa shape index (κ1) is 34.6. The van der Waals surface area contributed by atoms with Gasteiger partial charge in [-0.1, -0.05) is 11.6 Å². The number of phosphoric ester groups is 1. The lowest BCUT2D eigenvalue weighted by Gasteiger charge is -2.36. The smallest absolute Gasteiger partial charge is 0.491 e. The second-order valence-electron chi connectivity index (χ2n) is 11.3. The summed E-state index contributed by atoms with van der Waals surface area (Å²) in [7, 11) is -2.99. The van der Waals surface area contributed by atoms with Gasteiger partial charge in [0, 0.05) is 53.9 Å². The predicted molar refractivity (Wildman–Crippen MR) is 178 cm³/mol. The number of likely N-dealkylation sites (N-methyl/N-ethyl adjacent to an activating group) is 1. The summed E-state index contributed by atoms with van der Waals surface area (Å²) >= 11 is 7.48. The minimum absolute atomic E-state index is 0.0591. The molecule has 1 fully saturated rings. The van der Waals surface area contributed by atoms with Crippen LogP contribution >= 0.6 is 30.8 Å². The fraction of sp³-hybridized carbons (Fsp3) is 0.290. The minimum Gasteiger partial charge on any atom is -0.491 e. The molecule has 0 spiro atoms. The zero-order valence-electron chi connectivity index (χ0n) is 25.9. The molecule has 0 bridgehead atoms. The van der Waals surface area contributed by atoms with E-state index in [2.05, 4.69) is 9.97 Å². The molecular weight excluding hydrogens is 708 g/mol. The van der Waals surface area contributed by atoms with Crippen LogP contribution in [0.15, 0.2) is 46.7 Å². The lowest BCUT2D eigenvalue weighted by atomic mass is 10.00. The van der Waals surface area contributed by atoms with Crippen molar-refractivity contribution in [2.75, 3.05) is 44.7 Å². The van der Waals surface area contributed by atoms with Crippen LogP contribution < -0.4 is 19.7 Å². The molecule has 49 heavy (non-hydrogen) atoms. The maximum Gasteiger partial charge on any atom is 0.524 e. The van der Waals surface area contributed by atoms with Gasteiger partial charge in [-0.3, -0.25) is 24.1 Å². The topological polar surface area (TPSA) is 154 Å². The molecule has 0 saturated carbocycles. The first-order valence-electron chi connectivity index (χ1n) is 14.7. The lowest BCUT2D eigenvalue weighted by Crippen LogP contribution is -2.45. The summed E-state index contributed by atoms with van der Waals surface area (Å²) < 4.78 is 67.2. The third-order valence-corrected chi connectivity index (χ3v) is 9.74. The maximum atomic E-state index is 14.3. The van der Waals surface area contributed by atoms with Gasteiger partial charge in [0.05, 0.1) is 39.0 Å². The fourth-order valence-corrected chi connectivity index (χ4v) is 7.42. The van der Waals surface area contributed by atoms with E-state index in [1.54, 1.807) is 24.3 Å². The van der Waals surface area contributed by atoms with Crippen molar-refractivity contribution in [1.29, 1.82) is 5.26 Å². The molecule has 2 aromatic carbocycles. The van der Waals surface area contributed by atoms with Crippen molar-refractivity contribution in [1.82, 2.24) is 19.4 Å². The number of alkyl halides is 3. The third kappa shape index (κ3) is 6.96. The molecule has 0 radical (unpaired) electrons. The van der Waals surface area contributed by atoms with Crippen molar-refractivity contribution in [2.45, 2.75) is 19.6 Å². The number of halogens is 4. The summed E-state index contributed by atoms with van der Waals surface area (Å²) in [5.74, 6) is 0.397. The Labute approximate surface area is 285 Å². The third-order valence-electron chi connectivity index (χ3n) is 8.09. The van der Waals surface area contributed by atoms with E-state index in [9.17, 15) is 37.6 Å². The van der Waals surface area contributed by atoms with Crippen molar-refractivity contribution in [3.63, 3.8) is 0 Å². The monoisotopic (exact) mass is 734 g/mol. The highest BCUT2D eigenvalue weighted by molar-refractivity contribution is 7.46. The zero-order chi connectivity index (χ0) is 35.2. The highest BCUT2D eigenvalue weighted by atomic mass is 35.5. The van der Waals surface area contributed by atoms with Gasteiger partial charge in [-0.2, -0.15) is 18.4 Å². The van der Waals surface area contributed by atoms with Crippen LogP contribution in [0.4, 0.5) is 18.9 Å². The molecule has 18 heteroatoms. The Hall–Kier alpha value is -4.23. The van der Waals surface area contributed by atoms with Crippen molar-refractivity contribution < 1.29 is 36.8 Å². The van der Waals surface area contributed by atoms with E-state index in [1.165, 1.54) is 28.0 Å². The molecule has 4 heterocycles. The Balaban J connectivity index is 1.36. The normalized spacial score (nSPS) is 14.4. The van der Waals surface area contributed by atoms with Crippen LogP contribution in [0.25, 0.3) is 32.2 Å². The molecule has 6 rings (SSSR count). The molecular formula is C31H27ClF3N6O6PS. The van der Waals surface area contributed by atoms with E-state index in [1.807, 2.05) is 18.0 Å². The SMILES string of the molecule is Cc1nc2cc(C(F)(F)F)c(N3CCN(C)CC3)c(C#N)c2c(=O)n1CCOc1ccc(Cl)cc1-c1ccnc2c(OP(=O)(O)O)csc12. The molecule has 256 valence electrons. The van der Waals surface area contributed by atoms with E-state index in [4.69, 9.17) is 20.9 Å². The molecule has 0 amide bonds. The number of benzene rings is 2. The number of thiophene rings is 1. The highest BCUT2D eigenvalue weighted by Gasteiger charge is 2.39. The second-order valence-corrected chi connectivity index (χ2v) is 13.7. The summed E-state index contributed by atoms with van der Waals surface area (Å²) in [6.45, 7) is 2.82. The first-order chi connectivity index (χ1) is 23.2. The summed E-state index contributed by atoms with van der Waals surface area (Å²) in [6.07, 6.45) is -3.34. The number of piperazine rings is 1. The van der Waals surface area contributed by atoms with Crippen LogP contribution in [0, 0.1) is 18.3 Å². The molecule has 2 N–H and O–H groups in total. The number of hydrogen-bond donors (Lipinski definition) is 2. The van der Waals surface area contributed by atoms with Crippen molar-refractivity contribution in [2.24, 2.45) is 0 Å². The average molecular weight is 735 g/mol. The number of nitrogens with zero attached hydrogens (tertiary/aromatic N) is 6. The van der Waals surface area contributed by atoms with Gasteiger partial charge in [0.1, 0.15) is 29.8 Å². The van der Waals surface area contributed by atoms with E-state index < -0.39 is 25.1 Å². The summed E-state index contributed by atoms with van der Waals surface area (Å²) in [5.41, 5.74) is -1.27. The number of pyridine rings is 1. The van der Waals surface area contributed by atoms with Crippen LogP contribution in [-0.2, 0) is 17.3 Å². The van der Waals surface area contributed by atoms with Crippen LogP contribution in [0.1, 0.15) is 17.0 Å². The van der Waals surface area contributed by atoms with Crippen LogP contribution in [0.2, 0.25) is 5.02 Å². The zero-order valence-corrected chi connectivity index (χ0v) is 28.3. The largest absolute Gasteiger partial charge is 0.524 e. The second kappa shape index (κ2) is 13.2. The Morgan fingerprint density at radius 2 is 1.86 bits per heavy atom. The number of ether oxygens (including phenoxy) is 1. The molecule has 3 aromatic heterocycles. The van der Waals surface area contributed by atoms with Gasteiger partial charge in [0.2, 0.25) is 0 Å². The van der Waals surface area contributed by atoms with Crippen LogP contribution in [-0.4, -0.2) is 69.1 Å². The Kier molecular flexibility index (Phi) is 9.35. The number of fused-ring (bicyclic) bond motifs is 2. The standard InChI is InChI=1S/C31H27ClF3N6O6PS/c1-17-38-23-14-22(31(33,34)35)28(40-9-7-39(2)8-10-40)21(15-36)26(23)30(42)41(17)11-12-46-24-4-3-18(32)13-20(24)19-5-6-37-27-25(16-49-29(19)27)47-48(43,44)45/h3-6,13-14,16H,7-12H2,1-2H3,(H2,43,44,45). The molecule has 5 aromatic rings. The van der Waals surface area contributed by atoms with Gasteiger partial charge in [0.25, 0.3) is 5.56 Å². The number of aryl methyl sites for hydroxylation is 1. The number of hydrogen-bond acceptors (Lipinski definition) is 10. The Morgan fingerprint density at radius 1 is 1.12 bits per heavy atom. The van der Waals surface area contributed by atoms with Gasteiger partial charge >= 0.3 is 14.0 Å². The first-order valence-corrected chi connectivity index (χ1v) is 17.5. The summed E-state index contributed by atoms with van der Waals surface area (Å²) in [5, 5.41) is 11.8. The number of phosphoric acid groups is 1. The van der Waals surface area contributed by atoms with E-state index in [0.717, 1.165) is 17.4 Å². The van der Waals surface area contributed by atoms with E-state index in [0.29, 0.717) is 39.7 Å². The number of rotatable bonds is 8. The molecule has 12 nitrogen and oxygen atoms in total. The molecule has 0 atom stereocenters. The molecule has 1 aliphatic rings. The molecule has 1 aliphatic heterocycles. The lowest BCUT2D eigenvalue weighted by molar-refractivity contribution is -0.137. The Bertz CT molecular complexity index is 2240. The quantitative estimate of drug-likeness (QED) is 0.185.